The molecule has 0 spiro atoms. The van der Waals surface area contributed by atoms with Crippen LogP contribution in [0.25, 0.3) is 0 Å². The molecule has 0 aliphatic heterocycles. The number of halogens is 1. The van der Waals surface area contributed by atoms with Crippen molar-refractivity contribution >= 4 is 0 Å². The minimum Gasteiger partial charge on any atom is -0.379 e. The molecule has 0 saturated carbocycles. The molecule has 0 unspecified atom stereocenters. The van der Waals surface area contributed by atoms with Crippen LogP contribution in [0.1, 0.15) is 38.8 Å². The number of hydrogen-bond donors (Lipinski definition) is 0. The molecule has 0 saturated heterocycles. The highest BCUT2D eigenvalue weighted by Gasteiger charge is 2.31. The fourth-order valence-corrected chi connectivity index (χ4v) is 2.26. The molecule has 0 radical (unpaired) electrons. The quantitative estimate of drug-likeness (QED) is 0.622. The summed E-state index contributed by atoms with van der Waals surface area (Å²) in [5.74, 6) is -0.367. The predicted octanol–water partition coefficient (Wildman–Crippen LogP) is 3.23. The molecule has 0 aliphatic carbocycles. The lowest BCUT2D eigenvalue weighted by molar-refractivity contribution is 0.0446. The maximum atomic E-state index is 13.0. The Morgan fingerprint density at radius 1 is 1.24 bits per heavy atom. The highest BCUT2D eigenvalue weighted by molar-refractivity contribution is 5.19. The fourth-order valence-electron chi connectivity index (χ4n) is 2.26. The average Bonchev–Trinajstić information content (AvgIpc) is 2.50. The Morgan fingerprint density at radius 2 is 2.00 bits per heavy atom. The van der Waals surface area contributed by atoms with E-state index in [0.29, 0.717) is 39.3 Å². The van der Waals surface area contributed by atoms with Gasteiger partial charge in [0.25, 0.3) is 0 Å². The summed E-state index contributed by atoms with van der Waals surface area (Å²) in [5, 5.41) is 9.11. The molecule has 0 aliphatic rings. The van der Waals surface area contributed by atoms with Gasteiger partial charge in [0.05, 0.1) is 25.5 Å². The molecule has 0 fully saturated rings. The van der Waals surface area contributed by atoms with Crippen molar-refractivity contribution in [1.29, 1.82) is 5.26 Å². The van der Waals surface area contributed by atoms with Gasteiger partial charge < -0.3 is 9.47 Å². The number of aromatic nitrogens is 1. The molecule has 1 atom stereocenters. The topological polar surface area (TPSA) is 55.1 Å². The molecule has 4 nitrogen and oxygen atoms in total. The second-order valence-electron chi connectivity index (χ2n) is 4.89. The third-order valence-electron chi connectivity index (χ3n) is 3.67. The maximum Gasteiger partial charge on any atom is 0.141 e. The van der Waals surface area contributed by atoms with Crippen molar-refractivity contribution in [3.8, 4) is 6.07 Å². The van der Waals surface area contributed by atoms with Gasteiger partial charge in [0.2, 0.25) is 0 Å². The Hall–Kier alpha value is -1.51. The third-order valence-corrected chi connectivity index (χ3v) is 3.67. The van der Waals surface area contributed by atoms with Gasteiger partial charge in [-0.1, -0.05) is 6.92 Å². The van der Waals surface area contributed by atoms with E-state index in [0.717, 1.165) is 12.1 Å². The fraction of sp³-hybridized carbons (Fsp3) is 0.625. The van der Waals surface area contributed by atoms with Gasteiger partial charge in [0, 0.05) is 30.7 Å². The summed E-state index contributed by atoms with van der Waals surface area (Å²) in [6.07, 6.45) is 2.99. The van der Waals surface area contributed by atoms with E-state index in [-0.39, 0.29) is 11.2 Å². The number of hydrogen-bond acceptors (Lipinski definition) is 4. The number of ether oxygens (including phenoxy) is 2. The molecule has 1 aromatic rings. The summed E-state index contributed by atoms with van der Waals surface area (Å²) >= 11 is 0. The monoisotopic (exact) mass is 294 g/mol. The SMILES string of the molecule is CCOCCOCC[C@@](CC)(CC#N)c1ccc(F)cn1. The largest absolute Gasteiger partial charge is 0.379 e. The van der Waals surface area contributed by atoms with Gasteiger partial charge in [0.15, 0.2) is 0 Å². The lowest BCUT2D eigenvalue weighted by Gasteiger charge is -2.29. The zero-order valence-corrected chi connectivity index (χ0v) is 12.8. The van der Waals surface area contributed by atoms with Crippen molar-refractivity contribution in [2.75, 3.05) is 26.4 Å². The second kappa shape index (κ2) is 9.43. The first-order valence-electron chi connectivity index (χ1n) is 7.33. The molecule has 1 heterocycles. The number of pyridine rings is 1. The summed E-state index contributed by atoms with van der Waals surface area (Å²) in [6, 6.07) is 5.27. The van der Waals surface area contributed by atoms with E-state index in [1.807, 2.05) is 13.8 Å². The molecule has 5 heteroatoms. The molecular weight excluding hydrogens is 271 g/mol. The van der Waals surface area contributed by atoms with Crippen LogP contribution < -0.4 is 0 Å². The van der Waals surface area contributed by atoms with Crippen molar-refractivity contribution in [2.45, 2.75) is 38.5 Å². The first-order chi connectivity index (χ1) is 10.2. The van der Waals surface area contributed by atoms with Gasteiger partial charge >= 0.3 is 0 Å². The molecule has 0 aromatic carbocycles. The molecule has 21 heavy (non-hydrogen) atoms. The maximum absolute atomic E-state index is 13.0. The van der Waals surface area contributed by atoms with E-state index < -0.39 is 0 Å². The van der Waals surface area contributed by atoms with Crippen LogP contribution in [0.2, 0.25) is 0 Å². The standard InChI is InChI=1S/C16H23FN2O2/c1-3-16(7-9-18,8-10-21-12-11-20-4-2)15-6-5-14(17)13-19-15/h5-6,13H,3-4,7-8,10-12H2,1-2H3/t16-/m1/s1. The van der Waals surface area contributed by atoms with Gasteiger partial charge in [0.1, 0.15) is 5.82 Å². The molecular formula is C16H23FN2O2. The summed E-state index contributed by atoms with van der Waals surface area (Å²) in [7, 11) is 0. The van der Waals surface area contributed by atoms with E-state index in [1.165, 1.54) is 12.3 Å². The van der Waals surface area contributed by atoms with Crippen LogP contribution in [-0.2, 0) is 14.9 Å². The first-order valence-corrected chi connectivity index (χ1v) is 7.33. The zero-order chi connectivity index (χ0) is 15.6. The molecule has 1 rings (SSSR count). The number of nitriles is 1. The van der Waals surface area contributed by atoms with E-state index in [4.69, 9.17) is 14.7 Å². The van der Waals surface area contributed by atoms with Crippen molar-refractivity contribution in [1.82, 2.24) is 4.98 Å². The van der Waals surface area contributed by atoms with Crippen molar-refractivity contribution < 1.29 is 13.9 Å². The van der Waals surface area contributed by atoms with Crippen LogP contribution in [0, 0.1) is 17.1 Å². The van der Waals surface area contributed by atoms with Crippen LogP contribution in [-0.4, -0.2) is 31.4 Å². The summed E-state index contributed by atoms with van der Waals surface area (Å²) in [6.45, 7) is 6.27. The lowest BCUT2D eigenvalue weighted by atomic mass is 9.76. The molecule has 0 bridgehead atoms. The molecule has 0 N–H and O–H groups in total. The van der Waals surface area contributed by atoms with E-state index in [2.05, 4.69) is 11.1 Å². The van der Waals surface area contributed by atoms with Gasteiger partial charge in [-0.3, -0.25) is 4.98 Å². The van der Waals surface area contributed by atoms with Crippen LogP contribution >= 0.6 is 0 Å². The Balaban J connectivity index is 2.66. The number of rotatable bonds is 10. The summed E-state index contributed by atoms with van der Waals surface area (Å²) in [5.41, 5.74) is 0.370. The van der Waals surface area contributed by atoms with Gasteiger partial charge in [-0.2, -0.15) is 5.26 Å². The third kappa shape index (κ3) is 5.41. The highest BCUT2D eigenvalue weighted by Crippen LogP contribution is 2.33. The Bertz CT molecular complexity index is 445. The molecule has 0 amide bonds. The van der Waals surface area contributed by atoms with Crippen LogP contribution in [0.15, 0.2) is 18.3 Å². The minimum absolute atomic E-state index is 0.344. The number of nitrogens with zero attached hydrogens (tertiary/aromatic N) is 2. The molecule has 1 aromatic heterocycles. The van der Waals surface area contributed by atoms with Gasteiger partial charge in [-0.25, -0.2) is 4.39 Å². The van der Waals surface area contributed by atoms with Crippen LogP contribution in [0.4, 0.5) is 4.39 Å². The highest BCUT2D eigenvalue weighted by atomic mass is 19.1. The second-order valence-corrected chi connectivity index (χ2v) is 4.89. The Labute approximate surface area is 125 Å². The minimum atomic E-state index is -0.381. The first kappa shape index (κ1) is 17.5. The van der Waals surface area contributed by atoms with E-state index in [1.54, 1.807) is 6.07 Å². The Morgan fingerprint density at radius 3 is 2.57 bits per heavy atom. The summed E-state index contributed by atoms with van der Waals surface area (Å²) in [4.78, 5) is 4.16. The predicted molar refractivity (Wildman–Crippen MR) is 78.3 cm³/mol. The zero-order valence-electron chi connectivity index (χ0n) is 12.8. The van der Waals surface area contributed by atoms with Gasteiger partial charge in [-0.15, -0.1) is 0 Å². The lowest BCUT2D eigenvalue weighted by Crippen LogP contribution is -2.28. The van der Waals surface area contributed by atoms with Crippen molar-refractivity contribution in [3.63, 3.8) is 0 Å². The van der Waals surface area contributed by atoms with Crippen LogP contribution in [0.5, 0.6) is 0 Å². The smallest absolute Gasteiger partial charge is 0.141 e. The van der Waals surface area contributed by atoms with Crippen molar-refractivity contribution in [3.05, 3.63) is 29.8 Å². The normalized spacial score (nSPS) is 13.6. The van der Waals surface area contributed by atoms with Crippen LogP contribution in [0.3, 0.4) is 0 Å². The Kier molecular flexibility index (Phi) is 7.88. The average molecular weight is 294 g/mol. The van der Waals surface area contributed by atoms with E-state index in [9.17, 15) is 4.39 Å². The summed E-state index contributed by atoms with van der Waals surface area (Å²) < 4.78 is 23.8. The van der Waals surface area contributed by atoms with Crippen molar-refractivity contribution in [2.24, 2.45) is 0 Å². The van der Waals surface area contributed by atoms with E-state index >= 15 is 0 Å². The van der Waals surface area contributed by atoms with Gasteiger partial charge in [-0.05, 0) is 31.9 Å². The molecule has 116 valence electrons.